The maximum Gasteiger partial charge on any atom is 0.266 e. The Balaban J connectivity index is 1.18. The lowest BCUT2D eigenvalue weighted by Crippen LogP contribution is -2.34. The molecule has 20 rings (SSSR count). The number of pyridine rings is 4. The summed E-state index contributed by atoms with van der Waals surface area (Å²) in [4.78, 5) is 136. The molecule has 14 heteroatoms. The smallest absolute Gasteiger partial charge is 0.266 e. The van der Waals surface area contributed by atoms with E-state index in [1.54, 1.807) is 24.3 Å². The first-order valence-corrected chi connectivity index (χ1v) is 39.4. The Morgan fingerprint density at radius 3 is 0.709 bits per heavy atom. The van der Waals surface area contributed by atoms with Crippen LogP contribution in [0.15, 0.2) is 160 Å². The predicted molar refractivity (Wildman–Crippen MR) is 460 cm³/mol. The van der Waals surface area contributed by atoms with E-state index < -0.39 is 44.5 Å². The Kier molecular flexibility index (Phi) is 14.1. The van der Waals surface area contributed by atoms with Crippen LogP contribution in [0.25, 0.3) is 184 Å². The summed E-state index contributed by atoms with van der Waals surface area (Å²) in [6.07, 6.45) is 0. The number of hydrogen-bond donors (Lipinski definition) is 0. The van der Waals surface area contributed by atoms with Crippen LogP contribution in [0.5, 0.6) is 0 Å². The third-order valence-corrected chi connectivity index (χ3v) is 25.7. The highest BCUT2D eigenvalue weighted by atomic mass is 35.5. The molecular weight excluding hydrogens is 1410 g/mol. The minimum atomic E-state index is -0.647. The summed E-state index contributed by atoms with van der Waals surface area (Å²) in [5.41, 5.74) is 3.43. The van der Waals surface area contributed by atoms with E-state index in [1.807, 2.05) is 208 Å². The highest BCUT2D eigenvalue weighted by molar-refractivity contribution is 6.63. The second-order valence-electron chi connectivity index (χ2n) is 33.7. The SMILES string of the molecule is CC(C)c1cccc(C(C)C)c1-n1c(=O)c2ccc3c4ccc5c(=O)n(-c6c(C(C)C)cccc6C(C)C)c(=O)c6c5c4c4c5c(cc(c1=O)c2c35)c1c2c(=O)n(-c3c(C(C)C)cccc3C(C)C)c(=O)c3cc(Cl)c5c7c(Cl)cc8c(=O)n(-c9c(C(C)C)cccc9C(C)C)c(=O)c9cc%10c6c4c1c(c%10c7c89)c5c32. The van der Waals surface area contributed by atoms with E-state index in [1.165, 1.54) is 18.3 Å². The van der Waals surface area contributed by atoms with Crippen LogP contribution in [0.1, 0.15) is 203 Å². The third-order valence-electron chi connectivity index (χ3n) is 25.2. The molecule has 4 heterocycles. The largest absolute Gasteiger partial charge is 0.268 e. The summed E-state index contributed by atoms with van der Waals surface area (Å²) in [6.45, 7) is 32.7. The molecule has 4 aromatic heterocycles. The second kappa shape index (κ2) is 22.7. The summed E-state index contributed by atoms with van der Waals surface area (Å²) >= 11 is 16.2. The highest BCUT2D eigenvalue weighted by Crippen LogP contribution is 2.61. The number of nitrogens with zero attached hydrogens (tertiary/aromatic N) is 4. The Hall–Kier alpha value is -11.2. The molecule has 0 N–H and O–H groups in total. The molecule has 12 nitrogen and oxygen atoms in total. The van der Waals surface area contributed by atoms with Gasteiger partial charge in [-0.3, -0.25) is 38.4 Å². The van der Waals surface area contributed by atoms with E-state index in [0.29, 0.717) is 136 Å². The van der Waals surface area contributed by atoms with Crippen molar-refractivity contribution >= 4 is 185 Å². The van der Waals surface area contributed by atoms with Crippen molar-refractivity contribution in [2.45, 2.75) is 158 Å². The molecule has 542 valence electrons. The quantitative estimate of drug-likeness (QED) is 0.0864. The molecule has 0 spiro atoms. The van der Waals surface area contributed by atoms with Crippen molar-refractivity contribution < 1.29 is 0 Å². The Labute approximate surface area is 638 Å². The number of fused-ring (bicyclic) bond motifs is 6. The van der Waals surface area contributed by atoms with E-state index in [0.717, 1.165) is 44.5 Å². The standard InChI is InChI=1S/C96H76Cl2N4O8/c1-37(2)45-21-17-22-46(38(3)4)85(45)99-89(103)55-31-29-53-54-30-32-56-69-68(54)78-70-57(33-59(91(99)105)65(55)67(53)70)72-82-80-71-58(73(81(78)82)83(69)95(109)101(90(56)104)87-49(41(9)10)25-19-26-50(87)42(11)12)34-60-66-61(93(107)100(92(60)106)86-47(39(5)6)23-18-24-48(86)40(7)8)35-63(97)75(77(66)71)76-64(98)36-62-74(79(76)80)84(72)96(110)102(94(62)108)88-51(43(13)14)27-20-28-52(88)44(15)16/h17-44H,1-16H3. The fourth-order valence-corrected chi connectivity index (χ4v) is 21.1. The lowest BCUT2D eigenvalue weighted by atomic mass is 9.73. The number of para-hydroxylation sites is 4. The molecule has 0 aliphatic heterocycles. The summed E-state index contributed by atoms with van der Waals surface area (Å²) in [6, 6.07) is 38.0. The van der Waals surface area contributed by atoms with Crippen LogP contribution in [0, 0.1) is 0 Å². The van der Waals surface area contributed by atoms with Gasteiger partial charge >= 0.3 is 0 Å². The van der Waals surface area contributed by atoms with Crippen molar-refractivity contribution in [2.24, 2.45) is 0 Å². The van der Waals surface area contributed by atoms with Gasteiger partial charge in [0.1, 0.15) is 0 Å². The number of benzene rings is 16. The van der Waals surface area contributed by atoms with Crippen LogP contribution in [0.4, 0.5) is 0 Å². The van der Waals surface area contributed by atoms with Crippen LogP contribution in [-0.4, -0.2) is 18.3 Å². The zero-order valence-corrected chi connectivity index (χ0v) is 65.5. The molecule has 0 saturated carbocycles. The molecule has 0 radical (unpaired) electrons. The molecule has 20 aromatic rings. The monoisotopic (exact) mass is 1480 g/mol. The zero-order valence-electron chi connectivity index (χ0n) is 64.0. The molecule has 0 unspecified atom stereocenters. The third kappa shape index (κ3) is 8.12. The van der Waals surface area contributed by atoms with E-state index in [2.05, 4.69) is 0 Å². The van der Waals surface area contributed by atoms with Crippen LogP contribution < -0.4 is 44.5 Å². The number of aromatic nitrogens is 4. The Bertz CT molecular complexity index is 7970. The second-order valence-corrected chi connectivity index (χ2v) is 34.6. The van der Waals surface area contributed by atoms with Crippen molar-refractivity contribution in [3.8, 4) is 22.7 Å². The first-order chi connectivity index (χ1) is 52.5. The molecule has 0 aliphatic carbocycles. The van der Waals surface area contributed by atoms with Crippen LogP contribution in [0.3, 0.4) is 0 Å². The number of halogens is 2. The highest BCUT2D eigenvalue weighted by Gasteiger charge is 2.39. The van der Waals surface area contributed by atoms with Crippen molar-refractivity contribution in [3.05, 3.63) is 259 Å². The normalized spacial score (nSPS) is 13.2. The molecule has 0 fully saturated rings. The van der Waals surface area contributed by atoms with E-state index in [9.17, 15) is 0 Å². The number of hydrogen-bond acceptors (Lipinski definition) is 8. The van der Waals surface area contributed by atoms with Gasteiger partial charge in [0.05, 0.1) is 44.3 Å². The van der Waals surface area contributed by atoms with Crippen molar-refractivity contribution in [2.75, 3.05) is 0 Å². The summed E-state index contributed by atoms with van der Waals surface area (Å²) in [7, 11) is 0. The van der Waals surface area contributed by atoms with Crippen LogP contribution in [-0.2, 0) is 0 Å². The molecule has 0 atom stereocenters. The average Bonchev–Trinajstić information content (AvgIpc) is 0.635. The molecule has 0 aliphatic rings. The predicted octanol–water partition coefficient (Wildman–Crippen LogP) is 22.3. The molecule has 0 saturated heterocycles. The minimum Gasteiger partial charge on any atom is -0.268 e. The van der Waals surface area contributed by atoms with Gasteiger partial charge in [0.2, 0.25) is 0 Å². The van der Waals surface area contributed by atoms with Crippen LogP contribution >= 0.6 is 23.2 Å². The summed E-state index contributed by atoms with van der Waals surface area (Å²) in [5.74, 6) is -1.27. The van der Waals surface area contributed by atoms with Crippen LogP contribution in [0.2, 0.25) is 10.0 Å². The minimum absolute atomic E-state index is 0.101. The Morgan fingerprint density at radius 2 is 0.382 bits per heavy atom. The first kappa shape index (κ1) is 68.1. The maximum absolute atomic E-state index is 17.8. The van der Waals surface area contributed by atoms with Gasteiger partial charge in [-0.25, -0.2) is 18.3 Å². The van der Waals surface area contributed by atoms with Crippen molar-refractivity contribution in [1.29, 1.82) is 0 Å². The zero-order chi connectivity index (χ0) is 77.1. The van der Waals surface area contributed by atoms with Gasteiger partial charge in [-0.05, 0) is 177 Å². The van der Waals surface area contributed by atoms with Gasteiger partial charge in [0.15, 0.2) is 0 Å². The first-order valence-electron chi connectivity index (χ1n) is 38.6. The number of rotatable bonds is 12. The van der Waals surface area contributed by atoms with Gasteiger partial charge in [0, 0.05) is 102 Å². The molecular formula is C96H76Cl2N4O8. The molecule has 16 aromatic carbocycles. The van der Waals surface area contributed by atoms with Gasteiger partial charge in [-0.2, -0.15) is 0 Å². The Morgan fingerprint density at radius 1 is 0.191 bits per heavy atom. The molecule has 0 bridgehead atoms. The van der Waals surface area contributed by atoms with E-state index >= 15 is 38.4 Å². The lowest BCUT2D eigenvalue weighted by molar-refractivity contribution is 0.792. The maximum atomic E-state index is 17.8. The van der Waals surface area contributed by atoms with Gasteiger partial charge in [-0.1, -0.05) is 219 Å². The summed E-state index contributed by atoms with van der Waals surface area (Å²) < 4.78 is 5.35. The van der Waals surface area contributed by atoms with Crippen molar-refractivity contribution in [3.63, 3.8) is 0 Å². The van der Waals surface area contributed by atoms with Gasteiger partial charge in [-0.15, -0.1) is 0 Å². The van der Waals surface area contributed by atoms with E-state index in [-0.39, 0.29) is 106 Å². The molecule has 0 amide bonds. The molecule has 110 heavy (non-hydrogen) atoms. The van der Waals surface area contributed by atoms with Gasteiger partial charge in [0.25, 0.3) is 44.5 Å². The van der Waals surface area contributed by atoms with E-state index in [4.69, 9.17) is 23.2 Å². The summed E-state index contributed by atoms with van der Waals surface area (Å²) in [5, 5.41) is 11.6. The lowest BCUT2D eigenvalue weighted by Gasteiger charge is -2.30. The van der Waals surface area contributed by atoms with Gasteiger partial charge < -0.3 is 0 Å². The van der Waals surface area contributed by atoms with Crippen molar-refractivity contribution in [1.82, 2.24) is 18.3 Å². The fraction of sp³-hybridized carbons (Fsp3) is 0.250. The topological polar surface area (TPSA) is 156 Å². The average molecular weight is 1480 g/mol. The fourth-order valence-electron chi connectivity index (χ4n) is 20.5.